The molecule has 1 aliphatic heterocycles. The number of unbranched alkanes of at least 4 members (excludes halogenated alkanes) is 1. The quantitative estimate of drug-likeness (QED) is 0.616. The van der Waals surface area contributed by atoms with Crippen LogP contribution in [0.15, 0.2) is 42.5 Å². The van der Waals surface area contributed by atoms with Crippen LogP contribution in [0.2, 0.25) is 0 Å². The van der Waals surface area contributed by atoms with Crippen LogP contribution in [0.4, 0.5) is 0 Å². The summed E-state index contributed by atoms with van der Waals surface area (Å²) in [5.41, 5.74) is 1.19. The molecular formula is C17H22O4. The summed E-state index contributed by atoms with van der Waals surface area (Å²) < 4.78 is 11.2. The van der Waals surface area contributed by atoms with Gasteiger partial charge in [-0.25, -0.2) is 0 Å². The molecule has 0 saturated carbocycles. The molecule has 114 valence electrons. The number of carboxylic acid groups (broad SMARTS) is 1. The Balaban J connectivity index is 1.82. The minimum atomic E-state index is -0.735. The van der Waals surface area contributed by atoms with Gasteiger partial charge in [0.25, 0.3) is 0 Å². The van der Waals surface area contributed by atoms with Crippen molar-refractivity contribution in [1.29, 1.82) is 0 Å². The van der Waals surface area contributed by atoms with Gasteiger partial charge in [0.1, 0.15) is 6.79 Å². The third-order valence-corrected chi connectivity index (χ3v) is 3.59. The number of allylic oxidation sites excluding steroid dienone is 2. The average Bonchev–Trinajstić information content (AvgIpc) is 2.52. The van der Waals surface area contributed by atoms with E-state index < -0.39 is 5.97 Å². The van der Waals surface area contributed by atoms with Crippen molar-refractivity contribution >= 4 is 5.97 Å². The predicted molar refractivity (Wildman–Crippen MR) is 79.8 cm³/mol. The highest BCUT2D eigenvalue weighted by Crippen LogP contribution is 2.32. The van der Waals surface area contributed by atoms with Crippen LogP contribution in [0.3, 0.4) is 0 Å². The fourth-order valence-electron chi connectivity index (χ4n) is 2.51. The van der Waals surface area contributed by atoms with E-state index in [4.69, 9.17) is 14.6 Å². The molecule has 0 radical (unpaired) electrons. The van der Waals surface area contributed by atoms with E-state index in [1.807, 2.05) is 18.2 Å². The molecule has 0 unspecified atom stereocenters. The molecule has 0 spiro atoms. The summed E-state index contributed by atoms with van der Waals surface area (Å²) in [4.78, 5) is 10.4. The number of carbonyl (C=O) groups is 1. The zero-order chi connectivity index (χ0) is 14.9. The van der Waals surface area contributed by atoms with Crippen LogP contribution in [-0.2, 0) is 14.3 Å². The zero-order valence-electron chi connectivity index (χ0n) is 12.1. The summed E-state index contributed by atoms with van der Waals surface area (Å²) in [6, 6.07) is 10.2. The Hall–Kier alpha value is -1.65. The Bertz CT molecular complexity index is 455. The van der Waals surface area contributed by atoms with Crippen molar-refractivity contribution in [3.8, 4) is 0 Å². The third-order valence-electron chi connectivity index (χ3n) is 3.59. The lowest BCUT2D eigenvalue weighted by atomic mass is 9.92. The highest BCUT2D eigenvalue weighted by Gasteiger charge is 2.26. The minimum absolute atomic E-state index is 0.0728. The predicted octanol–water partition coefficient (Wildman–Crippen LogP) is 3.55. The van der Waals surface area contributed by atoms with Crippen LogP contribution < -0.4 is 0 Å². The van der Waals surface area contributed by atoms with Gasteiger partial charge in [0.15, 0.2) is 0 Å². The molecule has 1 N–H and O–H groups in total. The summed E-state index contributed by atoms with van der Waals surface area (Å²) in [6.07, 6.45) is 6.84. The summed E-state index contributed by atoms with van der Waals surface area (Å²) >= 11 is 0. The fourth-order valence-corrected chi connectivity index (χ4v) is 2.51. The van der Waals surface area contributed by atoms with E-state index in [0.29, 0.717) is 25.7 Å². The van der Waals surface area contributed by atoms with Gasteiger partial charge >= 0.3 is 5.97 Å². The summed E-state index contributed by atoms with van der Waals surface area (Å²) in [7, 11) is 0. The molecule has 1 fully saturated rings. The van der Waals surface area contributed by atoms with E-state index in [-0.39, 0.29) is 12.5 Å². The van der Waals surface area contributed by atoms with E-state index in [1.165, 1.54) is 5.56 Å². The van der Waals surface area contributed by atoms with E-state index in [0.717, 1.165) is 12.8 Å². The lowest BCUT2D eigenvalue weighted by Crippen LogP contribution is -2.27. The highest BCUT2D eigenvalue weighted by atomic mass is 16.7. The standard InChI is InChI=1S/C17H22O4/c18-16(19)11-7-2-1-4-10-15-12-20-13-21-17(15)14-8-5-3-6-9-14/h1,3-6,8-9,15,17H,2,7,10-13H2,(H,18,19)/b4-1-/t15-,17-/m1/s1. The SMILES string of the molecule is O=C(O)CCC/C=C\C[C@@H]1COCO[C@@H]1c1ccccc1. The Morgan fingerprint density at radius 2 is 2.10 bits per heavy atom. The Morgan fingerprint density at radius 3 is 2.86 bits per heavy atom. The molecule has 1 aromatic rings. The lowest BCUT2D eigenvalue weighted by molar-refractivity contribution is -0.171. The van der Waals surface area contributed by atoms with Crippen LogP contribution in [0, 0.1) is 5.92 Å². The smallest absolute Gasteiger partial charge is 0.303 e. The number of hydrogen-bond acceptors (Lipinski definition) is 3. The molecule has 0 aliphatic carbocycles. The first-order valence-corrected chi connectivity index (χ1v) is 7.38. The van der Waals surface area contributed by atoms with Gasteiger partial charge in [-0.05, 0) is 24.8 Å². The minimum Gasteiger partial charge on any atom is -0.481 e. The van der Waals surface area contributed by atoms with Crippen LogP contribution in [0.25, 0.3) is 0 Å². The molecule has 1 aromatic carbocycles. The van der Waals surface area contributed by atoms with Gasteiger partial charge in [0, 0.05) is 12.3 Å². The van der Waals surface area contributed by atoms with Gasteiger partial charge in [0.2, 0.25) is 0 Å². The number of carboxylic acids is 1. The van der Waals surface area contributed by atoms with Crippen LogP contribution in [0.1, 0.15) is 37.4 Å². The zero-order valence-corrected chi connectivity index (χ0v) is 12.1. The van der Waals surface area contributed by atoms with Gasteiger partial charge in [-0.15, -0.1) is 0 Å². The van der Waals surface area contributed by atoms with Gasteiger partial charge < -0.3 is 14.6 Å². The van der Waals surface area contributed by atoms with Crippen molar-refractivity contribution in [1.82, 2.24) is 0 Å². The Kier molecular flexibility index (Phi) is 6.44. The van der Waals surface area contributed by atoms with E-state index in [2.05, 4.69) is 24.3 Å². The Labute approximate surface area is 125 Å². The molecule has 0 amide bonds. The molecule has 1 aliphatic rings. The molecule has 2 rings (SSSR count). The topological polar surface area (TPSA) is 55.8 Å². The van der Waals surface area contributed by atoms with E-state index >= 15 is 0 Å². The average molecular weight is 290 g/mol. The number of benzene rings is 1. The van der Waals surface area contributed by atoms with Crippen molar-refractivity contribution in [3.63, 3.8) is 0 Å². The molecule has 1 heterocycles. The monoisotopic (exact) mass is 290 g/mol. The number of hydrogen-bond donors (Lipinski definition) is 1. The van der Waals surface area contributed by atoms with Crippen LogP contribution >= 0.6 is 0 Å². The second kappa shape index (κ2) is 8.60. The summed E-state index contributed by atoms with van der Waals surface area (Å²) in [5.74, 6) is -0.432. The number of aliphatic carboxylic acids is 1. The molecule has 4 heteroatoms. The normalized spacial score (nSPS) is 22.5. The van der Waals surface area contributed by atoms with Crippen molar-refractivity contribution in [3.05, 3.63) is 48.0 Å². The third kappa shape index (κ3) is 5.33. The van der Waals surface area contributed by atoms with Gasteiger partial charge in [-0.1, -0.05) is 42.5 Å². The maximum atomic E-state index is 10.4. The van der Waals surface area contributed by atoms with Crippen molar-refractivity contribution < 1.29 is 19.4 Å². The molecule has 4 nitrogen and oxygen atoms in total. The van der Waals surface area contributed by atoms with Gasteiger partial charge in [0.05, 0.1) is 12.7 Å². The molecule has 0 aromatic heterocycles. The fraction of sp³-hybridized carbons (Fsp3) is 0.471. The van der Waals surface area contributed by atoms with Crippen LogP contribution in [0.5, 0.6) is 0 Å². The first-order valence-electron chi connectivity index (χ1n) is 7.38. The maximum Gasteiger partial charge on any atom is 0.303 e. The molecule has 0 bridgehead atoms. The second-order valence-electron chi connectivity index (χ2n) is 5.24. The van der Waals surface area contributed by atoms with Crippen molar-refractivity contribution in [2.75, 3.05) is 13.4 Å². The van der Waals surface area contributed by atoms with Crippen LogP contribution in [-0.4, -0.2) is 24.5 Å². The van der Waals surface area contributed by atoms with Gasteiger partial charge in [-0.2, -0.15) is 0 Å². The summed E-state index contributed by atoms with van der Waals surface area (Å²) in [6.45, 7) is 1.04. The van der Waals surface area contributed by atoms with Crippen molar-refractivity contribution in [2.24, 2.45) is 5.92 Å². The first kappa shape index (κ1) is 15.7. The van der Waals surface area contributed by atoms with Crippen molar-refractivity contribution in [2.45, 2.75) is 31.8 Å². The molecular weight excluding hydrogens is 268 g/mol. The molecule has 21 heavy (non-hydrogen) atoms. The highest BCUT2D eigenvalue weighted by molar-refractivity contribution is 5.66. The Morgan fingerprint density at radius 1 is 1.29 bits per heavy atom. The number of ether oxygens (including phenoxy) is 2. The van der Waals surface area contributed by atoms with Gasteiger partial charge in [-0.3, -0.25) is 4.79 Å². The van der Waals surface area contributed by atoms with E-state index in [1.54, 1.807) is 0 Å². The lowest BCUT2D eigenvalue weighted by Gasteiger charge is -2.31. The first-order chi connectivity index (χ1) is 10.3. The second-order valence-corrected chi connectivity index (χ2v) is 5.24. The largest absolute Gasteiger partial charge is 0.481 e. The summed E-state index contributed by atoms with van der Waals surface area (Å²) in [5, 5.41) is 8.58. The van der Waals surface area contributed by atoms with E-state index in [9.17, 15) is 4.79 Å². The molecule has 1 saturated heterocycles. The maximum absolute atomic E-state index is 10.4. The number of rotatable bonds is 7. The molecule has 2 atom stereocenters.